The zero-order chi connectivity index (χ0) is 14.9. The van der Waals surface area contributed by atoms with Gasteiger partial charge in [0.25, 0.3) is 0 Å². The van der Waals surface area contributed by atoms with E-state index in [0.29, 0.717) is 5.56 Å². The molecule has 1 aromatic carbocycles. The minimum atomic E-state index is -3.25. The highest BCUT2D eigenvalue weighted by molar-refractivity contribution is 7.90. The van der Waals surface area contributed by atoms with Gasteiger partial charge in [-0.1, -0.05) is 35.3 Å². The molecule has 0 saturated carbocycles. The van der Waals surface area contributed by atoms with E-state index < -0.39 is 26.8 Å². The summed E-state index contributed by atoms with van der Waals surface area (Å²) >= 11 is 11.4. The van der Waals surface area contributed by atoms with Gasteiger partial charge in [0.15, 0.2) is 14.7 Å². The Morgan fingerprint density at radius 1 is 1.35 bits per heavy atom. The molecule has 0 amide bonds. The Balaban J connectivity index is 2.25. The quantitative estimate of drug-likeness (QED) is 0.849. The molecule has 0 aromatic heterocycles. The monoisotopic (exact) mass is 337 g/mol. The first-order valence-corrected chi connectivity index (χ1v) is 8.52. The molecule has 0 fully saturated rings. The van der Waals surface area contributed by atoms with Crippen molar-refractivity contribution >= 4 is 38.9 Å². The predicted molar refractivity (Wildman–Crippen MR) is 77.2 cm³/mol. The van der Waals surface area contributed by atoms with Crippen LogP contribution in [0.25, 0.3) is 0 Å². The van der Waals surface area contributed by atoms with Gasteiger partial charge in [0.2, 0.25) is 5.90 Å². The van der Waals surface area contributed by atoms with Crippen molar-refractivity contribution in [2.24, 2.45) is 4.99 Å². The van der Waals surface area contributed by atoms with Gasteiger partial charge in [-0.05, 0) is 17.7 Å². The first kappa shape index (κ1) is 15.6. The number of halogens is 2. The summed E-state index contributed by atoms with van der Waals surface area (Å²) in [6, 6.07) is 5.71. The van der Waals surface area contributed by atoms with Gasteiger partial charge in [-0.15, -0.1) is 0 Å². The van der Waals surface area contributed by atoms with Crippen LogP contribution in [-0.2, 0) is 14.6 Å². The summed E-state index contributed by atoms with van der Waals surface area (Å²) in [5.41, 5.74) is 0.698. The number of ether oxygens (including phenoxy) is 1. The Morgan fingerprint density at radius 3 is 2.40 bits per heavy atom. The lowest BCUT2D eigenvalue weighted by Crippen LogP contribution is -2.18. The van der Waals surface area contributed by atoms with Crippen molar-refractivity contribution in [3.63, 3.8) is 0 Å². The number of aliphatic hydroxyl groups excluding tert-OH is 1. The van der Waals surface area contributed by atoms with Gasteiger partial charge in [-0.2, -0.15) is 0 Å². The van der Waals surface area contributed by atoms with Crippen LogP contribution in [-0.4, -0.2) is 43.2 Å². The molecule has 0 spiro atoms. The van der Waals surface area contributed by atoms with Crippen LogP contribution in [0, 0.1) is 0 Å². The predicted octanol–water partition coefficient (Wildman–Crippen LogP) is 1.72. The van der Waals surface area contributed by atoms with E-state index in [9.17, 15) is 13.5 Å². The fourth-order valence-corrected chi connectivity index (χ4v) is 2.76. The van der Waals surface area contributed by atoms with Crippen LogP contribution in [0.1, 0.15) is 11.7 Å². The van der Waals surface area contributed by atoms with Crippen molar-refractivity contribution in [1.82, 2.24) is 0 Å². The second-order valence-corrected chi connectivity index (χ2v) is 7.51. The maximum Gasteiger partial charge on any atom is 0.218 e. The largest absolute Gasteiger partial charge is 0.468 e. The molecule has 0 bridgehead atoms. The Morgan fingerprint density at radius 2 is 1.95 bits per heavy atom. The van der Waals surface area contributed by atoms with Crippen LogP contribution in [0.4, 0.5) is 0 Å². The van der Waals surface area contributed by atoms with Crippen LogP contribution in [0.3, 0.4) is 0 Å². The van der Waals surface area contributed by atoms with Crippen molar-refractivity contribution in [1.29, 1.82) is 0 Å². The van der Waals surface area contributed by atoms with Crippen LogP contribution >= 0.6 is 23.2 Å². The smallest absolute Gasteiger partial charge is 0.218 e. The van der Waals surface area contributed by atoms with Crippen LogP contribution in [0.5, 0.6) is 0 Å². The number of sulfone groups is 1. The van der Waals surface area contributed by atoms with Gasteiger partial charge < -0.3 is 9.84 Å². The number of hydrogen-bond acceptors (Lipinski definition) is 5. The van der Waals surface area contributed by atoms with E-state index in [-0.39, 0.29) is 17.4 Å². The third kappa shape index (κ3) is 3.25. The van der Waals surface area contributed by atoms with Gasteiger partial charge in [0.05, 0.1) is 11.5 Å². The average Bonchev–Trinajstić information content (AvgIpc) is 2.82. The normalized spacial score (nSPS) is 22.8. The zero-order valence-corrected chi connectivity index (χ0v) is 12.9. The Hall–Kier alpha value is -0.820. The van der Waals surface area contributed by atoms with Crippen molar-refractivity contribution < 1.29 is 18.3 Å². The van der Waals surface area contributed by atoms with Crippen molar-refractivity contribution in [3.8, 4) is 0 Å². The molecule has 0 aliphatic carbocycles. The van der Waals surface area contributed by atoms with Crippen molar-refractivity contribution in [2.45, 2.75) is 21.9 Å². The van der Waals surface area contributed by atoms with Gasteiger partial charge in [0, 0.05) is 6.26 Å². The fraction of sp³-hybridized carbons (Fsp3) is 0.417. The number of hydrogen-bond donors (Lipinski definition) is 1. The number of alkyl halides is 2. The maximum absolute atomic E-state index is 11.4. The molecule has 1 unspecified atom stereocenters. The molecule has 5 nitrogen and oxygen atoms in total. The third-order valence-electron chi connectivity index (χ3n) is 2.90. The highest BCUT2D eigenvalue weighted by atomic mass is 35.5. The number of rotatable bonds is 4. The Kier molecular flexibility index (Phi) is 4.59. The summed E-state index contributed by atoms with van der Waals surface area (Å²) in [6.07, 6.45) is 0.612. The van der Waals surface area contributed by atoms with Gasteiger partial charge >= 0.3 is 0 Å². The van der Waals surface area contributed by atoms with E-state index in [1.165, 1.54) is 12.1 Å². The third-order valence-corrected chi connectivity index (χ3v) is 4.40. The molecule has 0 saturated heterocycles. The lowest BCUT2D eigenvalue weighted by atomic mass is 10.0. The van der Waals surface area contributed by atoms with E-state index in [2.05, 4.69) is 4.99 Å². The standard InChI is InChI=1S/C12H13Cl2NO4S/c1-20(17,18)8-4-2-7(3-5-8)10-9(6-16)15-12(19-10)11(13)14/h2-5,9-11,16H,6H2,1H3/t9-,10?/m1/s1. The Labute approximate surface area is 127 Å². The molecule has 8 heteroatoms. The van der Waals surface area contributed by atoms with Crippen molar-refractivity contribution in [2.75, 3.05) is 12.9 Å². The maximum atomic E-state index is 11.4. The molecule has 1 aromatic rings. The van der Waals surface area contributed by atoms with E-state index >= 15 is 0 Å². The Bertz CT molecular complexity index is 613. The van der Waals surface area contributed by atoms with Crippen LogP contribution in [0.2, 0.25) is 0 Å². The molecule has 2 rings (SSSR count). The summed E-state index contributed by atoms with van der Waals surface area (Å²) in [5, 5.41) is 9.31. The highest BCUT2D eigenvalue weighted by Crippen LogP contribution is 2.31. The second-order valence-electron chi connectivity index (χ2n) is 4.40. The van der Waals surface area contributed by atoms with Gasteiger partial charge in [-0.3, -0.25) is 0 Å². The molecular formula is C12H13Cl2NO4S. The fourth-order valence-electron chi connectivity index (χ4n) is 1.91. The molecule has 1 N–H and O–H groups in total. The molecule has 1 heterocycles. The van der Waals surface area contributed by atoms with Crippen LogP contribution < -0.4 is 0 Å². The number of aliphatic hydroxyl groups is 1. The molecule has 20 heavy (non-hydrogen) atoms. The lowest BCUT2D eigenvalue weighted by molar-refractivity contribution is 0.150. The van der Waals surface area contributed by atoms with E-state index in [4.69, 9.17) is 27.9 Å². The highest BCUT2D eigenvalue weighted by Gasteiger charge is 2.34. The number of benzene rings is 1. The summed E-state index contributed by atoms with van der Waals surface area (Å²) < 4.78 is 28.3. The second kappa shape index (κ2) is 5.89. The zero-order valence-electron chi connectivity index (χ0n) is 10.5. The SMILES string of the molecule is CS(=O)(=O)c1ccc(C2OC(C(Cl)Cl)=N[C@@H]2CO)cc1. The molecule has 1 aliphatic heterocycles. The lowest BCUT2D eigenvalue weighted by Gasteiger charge is -2.16. The van der Waals surface area contributed by atoms with Crippen molar-refractivity contribution in [3.05, 3.63) is 29.8 Å². The number of aliphatic imine (C=N–C) groups is 1. The first-order chi connectivity index (χ1) is 9.32. The minimum absolute atomic E-state index is 0.157. The average molecular weight is 338 g/mol. The molecule has 1 aliphatic rings. The van der Waals surface area contributed by atoms with E-state index in [1.807, 2.05) is 0 Å². The van der Waals surface area contributed by atoms with Gasteiger partial charge in [-0.25, -0.2) is 13.4 Å². The number of nitrogens with zero attached hydrogens (tertiary/aromatic N) is 1. The van der Waals surface area contributed by atoms with E-state index in [1.54, 1.807) is 12.1 Å². The molecular weight excluding hydrogens is 325 g/mol. The molecule has 110 valence electrons. The minimum Gasteiger partial charge on any atom is -0.468 e. The molecule has 0 radical (unpaired) electrons. The summed E-state index contributed by atoms with van der Waals surface area (Å²) in [5.74, 6) is 0.157. The topological polar surface area (TPSA) is 76.0 Å². The van der Waals surface area contributed by atoms with Gasteiger partial charge in [0.1, 0.15) is 12.1 Å². The summed E-state index contributed by atoms with van der Waals surface area (Å²) in [6.45, 7) is -0.220. The van der Waals surface area contributed by atoms with E-state index in [0.717, 1.165) is 6.26 Å². The first-order valence-electron chi connectivity index (χ1n) is 5.76. The molecule has 2 atom stereocenters. The summed E-state index contributed by atoms with van der Waals surface area (Å²) in [4.78, 5) is 3.41. The van der Waals surface area contributed by atoms with Crippen LogP contribution in [0.15, 0.2) is 34.2 Å². The summed E-state index contributed by atoms with van der Waals surface area (Å²) in [7, 11) is -3.25.